The molecule has 0 spiro atoms. The molecular formula is C17H24N2O2. The van der Waals surface area contributed by atoms with E-state index in [0.717, 1.165) is 31.8 Å². The summed E-state index contributed by atoms with van der Waals surface area (Å²) in [5.74, 6) is 0.963. The molecule has 114 valence electrons. The van der Waals surface area contributed by atoms with Crippen LogP contribution in [0.3, 0.4) is 0 Å². The van der Waals surface area contributed by atoms with Crippen molar-refractivity contribution in [3.63, 3.8) is 0 Å². The second-order valence-electron chi connectivity index (χ2n) is 4.88. The first-order valence-corrected chi connectivity index (χ1v) is 7.59. The quantitative estimate of drug-likeness (QED) is 0.630. The fourth-order valence-electron chi connectivity index (χ4n) is 2.17. The van der Waals surface area contributed by atoms with Gasteiger partial charge >= 0.3 is 0 Å². The van der Waals surface area contributed by atoms with Gasteiger partial charge in [-0.05, 0) is 25.3 Å². The number of nitrogens with zero attached hydrogens (tertiary/aromatic N) is 2. The van der Waals surface area contributed by atoms with E-state index in [1.54, 1.807) is 0 Å². The number of hydrogen-bond donors (Lipinski definition) is 0. The second kappa shape index (κ2) is 9.32. The van der Waals surface area contributed by atoms with Gasteiger partial charge in [-0.1, -0.05) is 30.3 Å². The van der Waals surface area contributed by atoms with Gasteiger partial charge in [0.25, 0.3) is 0 Å². The third-order valence-electron chi connectivity index (χ3n) is 3.31. The van der Waals surface area contributed by atoms with Crippen LogP contribution < -0.4 is 0 Å². The summed E-state index contributed by atoms with van der Waals surface area (Å²) < 4.78 is 13.2. The fraction of sp³-hybridized carbons (Fsp3) is 0.471. The van der Waals surface area contributed by atoms with Crippen LogP contribution in [0.1, 0.15) is 24.7 Å². The summed E-state index contributed by atoms with van der Waals surface area (Å²) in [4.78, 5) is 4.29. The number of ether oxygens (including phenoxy) is 2. The average Bonchev–Trinajstić information content (AvgIpc) is 2.97. The maximum absolute atomic E-state index is 5.70. The van der Waals surface area contributed by atoms with Gasteiger partial charge in [0.1, 0.15) is 12.4 Å². The van der Waals surface area contributed by atoms with Gasteiger partial charge in [-0.2, -0.15) is 0 Å². The Balaban J connectivity index is 1.58. The number of aryl methyl sites for hydroxylation is 1. The van der Waals surface area contributed by atoms with Crippen LogP contribution in [0.25, 0.3) is 0 Å². The number of rotatable bonds is 10. The summed E-state index contributed by atoms with van der Waals surface area (Å²) in [7, 11) is 0. The molecule has 1 heterocycles. The number of benzene rings is 1. The highest BCUT2D eigenvalue weighted by molar-refractivity contribution is 5.14. The highest BCUT2D eigenvalue weighted by Crippen LogP contribution is 2.03. The molecule has 0 aliphatic rings. The van der Waals surface area contributed by atoms with Gasteiger partial charge in [0.2, 0.25) is 0 Å². The standard InChI is InChI=1S/C17H24N2O2/c1-2-20-15-17-18-10-11-19(17)12-14-21-13-6-9-16-7-4-3-5-8-16/h3-5,7-8,10-11H,2,6,9,12-15H2,1H3. The van der Waals surface area contributed by atoms with E-state index in [1.165, 1.54) is 5.56 Å². The van der Waals surface area contributed by atoms with Crippen LogP contribution in [-0.2, 0) is 29.0 Å². The van der Waals surface area contributed by atoms with Crippen molar-refractivity contribution in [1.82, 2.24) is 9.55 Å². The first-order valence-electron chi connectivity index (χ1n) is 7.59. The topological polar surface area (TPSA) is 36.3 Å². The van der Waals surface area contributed by atoms with Gasteiger partial charge in [-0.15, -0.1) is 0 Å². The molecule has 0 atom stereocenters. The van der Waals surface area contributed by atoms with Crippen molar-refractivity contribution < 1.29 is 9.47 Å². The van der Waals surface area contributed by atoms with E-state index in [1.807, 2.05) is 25.4 Å². The zero-order chi connectivity index (χ0) is 14.8. The summed E-state index contributed by atoms with van der Waals surface area (Å²) in [6, 6.07) is 10.5. The van der Waals surface area contributed by atoms with E-state index >= 15 is 0 Å². The normalized spacial score (nSPS) is 10.9. The SMILES string of the molecule is CCOCc1nccn1CCOCCCc1ccccc1. The minimum Gasteiger partial charge on any atom is -0.380 e. The molecule has 0 N–H and O–H groups in total. The van der Waals surface area contributed by atoms with E-state index in [0.29, 0.717) is 19.8 Å². The van der Waals surface area contributed by atoms with E-state index in [-0.39, 0.29) is 0 Å². The molecular weight excluding hydrogens is 264 g/mol. The van der Waals surface area contributed by atoms with Gasteiger partial charge in [-0.3, -0.25) is 0 Å². The largest absolute Gasteiger partial charge is 0.380 e. The molecule has 0 saturated carbocycles. The van der Waals surface area contributed by atoms with Gasteiger partial charge < -0.3 is 14.0 Å². The second-order valence-corrected chi connectivity index (χ2v) is 4.88. The lowest BCUT2D eigenvalue weighted by Crippen LogP contribution is -2.10. The lowest BCUT2D eigenvalue weighted by Gasteiger charge is -2.08. The highest BCUT2D eigenvalue weighted by Gasteiger charge is 2.02. The summed E-state index contributed by atoms with van der Waals surface area (Å²) in [5, 5.41) is 0. The van der Waals surface area contributed by atoms with Crippen LogP contribution in [0, 0.1) is 0 Å². The smallest absolute Gasteiger partial charge is 0.134 e. The molecule has 0 aliphatic carbocycles. The van der Waals surface area contributed by atoms with Crippen LogP contribution >= 0.6 is 0 Å². The third kappa shape index (κ3) is 5.69. The van der Waals surface area contributed by atoms with E-state index in [2.05, 4.69) is 33.8 Å². The monoisotopic (exact) mass is 288 g/mol. The van der Waals surface area contributed by atoms with Crippen LogP contribution in [0.5, 0.6) is 0 Å². The summed E-state index contributed by atoms with van der Waals surface area (Å²) >= 11 is 0. The Kier molecular flexibility index (Phi) is 6.98. The maximum atomic E-state index is 5.70. The van der Waals surface area contributed by atoms with Crippen LogP contribution in [0.4, 0.5) is 0 Å². The minimum atomic E-state index is 0.567. The maximum Gasteiger partial charge on any atom is 0.134 e. The summed E-state index contributed by atoms with van der Waals surface area (Å²) in [6.45, 7) is 5.60. The molecule has 0 aliphatic heterocycles. The minimum absolute atomic E-state index is 0.567. The van der Waals surface area contributed by atoms with Crippen LogP contribution in [-0.4, -0.2) is 29.4 Å². The van der Waals surface area contributed by atoms with Crippen LogP contribution in [0.2, 0.25) is 0 Å². The number of hydrogen-bond acceptors (Lipinski definition) is 3. The van der Waals surface area contributed by atoms with Crippen LogP contribution in [0.15, 0.2) is 42.7 Å². The lowest BCUT2D eigenvalue weighted by molar-refractivity contribution is 0.111. The molecule has 1 aromatic heterocycles. The van der Waals surface area contributed by atoms with Gasteiger partial charge in [-0.25, -0.2) is 4.98 Å². The van der Waals surface area contributed by atoms with Crippen molar-refractivity contribution >= 4 is 0 Å². The first kappa shape index (κ1) is 15.7. The molecule has 0 unspecified atom stereocenters. The van der Waals surface area contributed by atoms with Crippen molar-refractivity contribution in [1.29, 1.82) is 0 Å². The molecule has 0 radical (unpaired) electrons. The zero-order valence-corrected chi connectivity index (χ0v) is 12.7. The Morgan fingerprint density at radius 3 is 2.76 bits per heavy atom. The van der Waals surface area contributed by atoms with E-state index in [9.17, 15) is 0 Å². The van der Waals surface area contributed by atoms with Gasteiger partial charge in [0.15, 0.2) is 0 Å². The summed E-state index contributed by atoms with van der Waals surface area (Å²) in [5.41, 5.74) is 1.37. The van der Waals surface area contributed by atoms with E-state index < -0.39 is 0 Å². The third-order valence-corrected chi connectivity index (χ3v) is 3.31. The van der Waals surface area contributed by atoms with Crippen molar-refractivity contribution in [2.75, 3.05) is 19.8 Å². The van der Waals surface area contributed by atoms with Crippen molar-refractivity contribution in [3.8, 4) is 0 Å². The molecule has 0 bridgehead atoms. The van der Waals surface area contributed by atoms with Crippen molar-refractivity contribution in [2.45, 2.75) is 32.9 Å². The van der Waals surface area contributed by atoms with Crippen molar-refractivity contribution in [2.24, 2.45) is 0 Å². The molecule has 4 nitrogen and oxygen atoms in total. The number of imidazole rings is 1. The molecule has 2 aromatic rings. The molecule has 4 heteroatoms. The Bertz CT molecular complexity index is 497. The van der Waals surface area contributed by atoms with E-state index in [4.69, 9.17) is 9.47 Å². The first-order chi connectivity index (χ1) is 10.4. The fourth-order valence-corrected chi connectivity index (χ4v) is 2.17. The molecule has 2 rings (SSSR count). The molecule has 0 saturated heterocycles. The van der Waals surface area contributed by atoms with Gasteiger partial charge in [0, 0.05) is 32.2 Å². The van der Waals surface area contributed by atoms with Gasteiger partial charge in [0.05, 0.1) is 6.61 Å². The Morgan fingerprint density at radius 1 is 1.10 bits per heavy atom. The molecule has 0 fully saturated rings. The summed E-state index contributed by atoms with van der Waals surface area (Å²) in [6.07, 6.45) is 5.91. The zero-order valence-electron chi connectivity index (χ0n) is 12.7. The molecule has 21 heavy (non-hydrogen) atoms. The average molecular weight is 288 g/mol. The Hall–Kier alpha value is -1.65. The van der Waals surface area contributed by atoms with Crippen molar-refractivity contribution in [3.05, 3.63) is 54.1 Å². The molecule has 1 aromatic carbocycles. The predicted molar refractivity (Wildman–Crippen MR) is 83.1 cm³/mol. The predicted octanol–water partition coefficient (Wildman–Crippen LogP) is 3.07. The molecule has 0 amide bonds. The number of aromatic nitrogens is 2. The Labute approximate surface area is 126 Å². The highest BCUT2D eigenvalue weighted by atomic mass is 16.5. The Morgan fingerprint density at radius 2 is 1.95 bits per heavy atom. The lowest BCUT2D eigenvalue weighted by atomic mass is 10.1.